The van der Waals surface area contributed by atoms with Crippen molar-refractivity contribution in [2.24, 2.45) is 7.05 Å². The van der Waals surface area contributed by atoms with Crippen molar-refractivity contribution in [2.45, 2.75) is 64.2 Å². The first-order valence-corrected chi connectivity index (χ1v) is 7.37. The van der Waals surface area contributed by atoms with Gasteiger partial charge in [-0.25, -0.2) is 4.98 Å². The molecule has 4 nitrogen and oxygen atoms in total. The lowest BCUT2D eigenvalue weighted by molar-refractivity contribution is 0.417. The molecule has 0 aliphatic heterocycles. The summed E-state index contributed by atoms with van der Waals surface area (Å²) in [6, 6.07) is 0. The normalized spacial score (nSPS) is 18.6. The maximum atomic E-state index is 12.4. The molecular weight excluding hydrogens is 240 g/mol. The SMILES string of the molecule is Cc1nc(O)c(C2CCCCCCCC2)c(=O)n1C. The molecule has 1 saturated carbocycles. The Labute approximate surface area is 114 Å². The number of aryl methyl sites for hydroxylation is 1. The van der Waals surface area contributed by atoms with Crippen molar-refractivity contribution in [2.75, 3.05) is 0 Å². The highest BCUT2D eigenvalue weighted by Crippen LogP contribution is 2.32. The van der Waals surface area contributed by atoms with E-state index in [4.69, 9.17) is 0 Å². The zero-order chi connectivity index (χ0) is 13.8. The molecule has 0 saturated heterocycles. The second kappa shape index (κ2) is 6.22. The lowest BCUT2D eigenvalue weighted by Gasteiger charge is -2.17. The van der Waals surface area contributed by atoms with E-state index in [-0.39, 0.29) is 17.4 Å². The highest BCUT2D eigenvalue weighted by Gasteiger charge is 2.22. The highest BCUT2D eigenvalue weighted by molar-refractivity contribution is 5.27. The fourth-order valence-corrected chi connectivity index (χ4v) is 2.99. The van der Waals surface area contributed by atoms with Crippen LogP contribution >= 0.6 is 0 Å². The van der Waals surface area contributed by atoms with Crippen molar-refractivity contribution >= 4 is 0 Å². The van der Waals surface area contributed by atoms with E-state index in [1.54, 1.807) is 18.5 Å². The summed E-state index contributed by atoms with van der Waals surface area (Å²) >= 11 is 0. The highest BCUT2D eigenvalue weighted by atomic mass is 16.3. The summed E-state index contributed by atoms with van der Waals surface area (Å²) in [7, 11) is 1.72. The number of hydrogen-bond donors (Lipinski definition) is 1. The van der Waals surface area contributed by atoms with Gasteiger partial charge in [0.15, 0.2) is 0 Å². The summed E-state index contributed by atoms with van der Waals surface area (Å²) in [4.78, 5) is 16.5. The van der Waals surface area contributed by atoms with E-state index in [0.29, 0.717) is 11.4 Å². The number of aromatic hydroxyl groups is 1. The molecule has 0 aromatic carbocycles. The van der Waals surface area contributed by atoms with Gasteiger partial charge in [0, 0.05) is 7.05 Å². The summed E-state index contributed by atoms with van der Waals surface area (Å²) in [5.41, 5.74) is 0.462. The summed E-state index contributed by atoms with van der Waals surface area (Å²) in [6.45, 7) is 1.74. The molecule has 106 valence electrons. The topological polar surface area (TPSA) is 55.1 Å². The van der Waals surface area contributed by atoms with Crippen LogP contribution in [0, 0.1) is 6.92 Å². The largest absolute Gasteiger partial charge is 0.493 e. The molecule has 1 aromatic rings. The van der Waals surface area contributed by atoms with E-state index >= 15 is 0 Å². The van der Waals surface area contributed by atoms with Crippen LogP contribution in [0.4, 0.5) is 0 Å². The minimum absolute atomic E-state index is 0.0511. The molecule has 0 unspecified atom stereocenters. The maximum absolute atomic E-state index is 12.4. The predicted octanol–water partition coefficient (Wildman–Crippen LogP) is 3.01. The van der Waals surface area contributed by atoms with Crippen LogP contribution in [0.5, 0.6) is 5.88 Å². The molecule has 1 fully saturated rings. The lowest BCUT2D eigenvalue weighted by Crippen LogP contribution is -2.26. The minimum atomic E-state index is -0.0748. The van der Waals surface area contributed by atoms with E-state index in [0.717, 1.165) is 25.7 Å². The van der Waals surface area contributed by atoms with Crippen molar-refractivity contribution in [3.63, 3.8) is 0 Å². The second-order valence-electron chi connectivity index (χ2n) is 5.66. The van der Waals surface area contributed by atoms with Crippen LogP contribution in [0.15, 0.2) is 4.79 Å². The van der Waals surface area contributed by atoms with Crippen molar-refractivity contribution < 1.29 is 5.11 Å². The lowest BCUT2D eigenvalue weighted by atomic mass is 9.90. The van der Waals surface area contributed by atoms with Gasteiger partial charge in [-0.2, -0.15) is 0 Å². The van der Waals surface area contributed by atoms with Gasteiger partial charge in [0.1, 0.15) is 5.82 Å². The molecule has 0 radical (unpaired) electrons. The molecule has 0 amide bonds. The van der Waals surface area contributed by atoms with Gasteiger partial charge in [0.05, 0.1) is 5.56 Å². The van der Waals surface area contributed by atoms with Crippen LogP contribution in [-0.2, 0) is 7.05 Å². The van der Waals surface area contributed by atoms with Gasteiger partial charge in [0.2, 0.25) is 5.88 Å². The summed E-state index contributed by atoms with van der Waals surface area (Å²) < 4.78 is 1.54. The maximum Gasteiger partial charge on any atom is 0.260 e. The third kappa shape index (κ3) is 3.17. The van der Waals surface area contributed by atoms with Crippen molar-refractivity contribution in [1.29, 1.82) is 0 Å². The fourth-order valence-electron chi connectivity index (χ4n) is 2.99. The zero-order valence-corrected chi connectivity index (χ0v) is 12.0. The molecule has 4 heteroatoms. The summed E-state index contributed by atoms with van der Waals surface area (Å²) in [5.74, 6) is 0.684. The number of nitrogens with zero attached hydrogens (tertiary/aromatic N) is 2. The van der Waals surface area contributed by atoms with Crippen LogP contribution in [0.2, 0.25) is 0 Å². The van der Waals surface area contributed by atoms with E-state index < -0.39 is 0 Å². The number of rotatable bonds is 1. The number of hydrogen-bond acceptors (Lipinski definition) is 3. The molecule has 0 bridgehead atoms. The van der Waals surface area contributed by atoms with Crippen molar-refractivity contribution in [3.05, 3.63) is 21.7 Å². The van der Waals surface area contributed by atoms with E-state index in [9.17, 15) is 9.90 Å². The van der Waals surface area contributed by atoms with E-state index in [2.05, 4.69) is 4.98 Å². The smallest absolute Gasteiger partial charge is 0.260 e. The van der Waals surface area contributed by atoms with Gasteiger partial charge in [0.25, 0.3) is 5.56 Å². The third-order valence-electron chi connectivity index (χ3n) is 4.29. The first-order valence-electron chi connectivity index (χ1n) is 7.37. The fraction of sp³-hybridized carbons (Fsp3) is 0.733. The molecule has 2 rings (SSSR count). The Morgan fingerprint density at radius 3 is 2.21 bits per heavy atom. The van der Waals surface area contributed by atoms with Crippen molar-refractivity contribution in [3.8, 4) is 5.88 Å². The van der Waals surface area contributed by atoms with Crippen LogP contribution in [0.1, 0.15) is 68.7 Å². The molecule has 1 aromatic heterocycles. The molecule has 0 atom stereocenters. The average molecular weight is 264 g/mol. The van der Waals surface area contributed by atoms with E-state index in [1.165, 1.54) is 25.7 Å². The Hall–Kier alpha value is -1.32. The average Bonchev–Trinajstić information content (AvgIpc) is 2.50. The molecule has 1 aliphatic carbocycles. The third-order valence-corrected chi connectivity index (χ3v) is 4.29. The van der Waals surface area contributed by atoms with Crippen LogP contribution in [-0.4, -0.2) is 14.7 Å². The van der Waals surface area contributed by atoms with Crippen LogP contribution in [0.3, 0.4) is 0 Å². The monoisotopic (exact) mass is 264 g/mol. The van der Waals surface area contributed by atoms with Crippen molar-refractivity contribution in [1.82, 2.24) is 9.55 Å². The summed E-state index contributed by atoms with van der Waals surface area (Å²) in [5, 5.41) is 10.1. The summed E-state index contributed by atoms with van der Waals surface area (Å²) in [6.07, 6.45) is 9.32. The molecule has 0 spiro atoms. The standard InChI is InChI=1S/C15H24N2O2/c1-11-16-14(18)13(15(19)17(11)2)12-9-7-5-3-4-6-8-10-12/h12,18H,3-10H2,1-2H3. The predicted molar refractivity (Wildman–Crippen MR) is 75.6 cm³/mol. The molecule has 1 heterocycles. The van der Waals surface area contributed by atoms with Gasteiger partial charge in [-0.3, -0.25) is 9.36 Å². The van der Waals surface area contributed by atoms with E-state index in [1.807, 2.05) is 0 Å². The van der Waals surface area contributed by atoms with Gasteiger partial charge >= 0.3 is 0 Å². The Kier molecular flexibility index (Phi) is 4.61. The molecule has 19 heavy (non-hydrogen) atoms. The second-order valence-corrected chi connectivity index (χ2v) is 5.66. The Bertz CT molecular complexity index is 484. The first-order chi connectivity index (χ1) is 9.11. The van der Waals surface area contributed by atoms with Crippen LogP contribution in [0.25, 0.3) is 0 Å². The quantitative estimate of drug-likeness (QED) is 0.848. The van der Waals surface area contributed by atoms with Gasteiger partial charge in [-0.05, 0) is 25.7 Å². The number of aromatic nitrogens is 2. The minimum Gasteiger partial charge on any atom is -0.493 e. The molecule has 1 N–H and O–H groups in total. The van der Waals surface area contributed by atoms with Crippen LogP contribution < -0.4 is 5.56 Å². The molecule has 1 aliphatic rings. The Balaban J connectivity index is 2.33. The molecular formula is C15H24N2O2. The van der Waals surface area contributed by atoms with Gasteiger partial charge in [-0.15, -0.1) is 0 Å². The zero-order valence-electron chi connectivity index (χ0n) is 12.0. The first kappa shape index (κ1) is 14.1. The van der Waals surface area contributed by atoms with Gasteiger partial charge in [-0.1, -0.05) is 38.5 Å². The van der Waals surface area contributed by atoms with Gasteiger partial charge < -0.3 is 5.11 Å². The Morgan fingerprint density at radius 2 is 1.63 bits per heavy atom. The Morgan fingerprint density at radius 1 is 1.11 bits per heavy atom.